The molecular formula is C17H14N2O2. The van der Waals surface area contributed by atoms with Gasteiger partial charge in [0, 0.05) is 11.1 Å². The Bertz CT molecular complexity index is 736. The summed E-state index contributed by atoms with van der Waals surface area (Å²) in [4.78, 5) is 4.29. The summed E-state index contributed by atoms with van der Waals surface area (Å²) in [5, 5.41) is 14.2. The molecule has 0 bridgehead atoms. The first-order chi connectivity index (χ1) is 10.3. The van der Waals surface area contributed by atoms with Crippen molar-refractivity contribution in [3.05, 3.63) is 78.7 Å². The van der Waals surface area contributed by atoms with Crippen LogP contribution >= 0.6 is 0 Å². The van der Waals surface area contributed by atoms with Crippen LogP contribution in [0.5, 0.6) is 0 Å². The van der Waals surface area contributed by atoms with E-state index >= 15 is 0 Å². The van der Waals surface area contributed by atoms with E-state index in [0.717, 1.165) is 11.1 Å². The molecule has 0 spiro atoms. The molecule has 3 aromatic rings. The average Bonchev–Trinajstić information content (AvgIpc) is 3.05. The highest BCUT2D eigenvalue weighted by Gasteiger charge is 2.19. The quantitative estimate of drug-likeness (QED) is 0.793. The zero-order valence-electron chi connectivity index (χ0n) is 11.3. The first kappa shape index (κ1) is 13.3. The van der Waals surface area contributed by atoms with Gasteiger partial charge in [0.2, 0.25) is 5.82 Å². The normalized spacial score (nSPS) is 12.0. The molecule has 4 heteroatoms. The van der Waals surface area contributed by atoms with Crippen molar-refractivity contribution in [1.82, 2.24) is 10.1 Å². The topological polar surface area (TPSA) is 59.2 Å². The molecule has 1 N–H and O–H groups in total. The zero-order chi connectivity index (χ0) is 14.7. The molecule has 104 valence electrons. The molecule has 4 nitrogen and oxygen atoms in total. The lowest BCUT2D eigenvalue weighted by molar-refractivity contribution is 0.233. The van der Waals surface area contributed by atoms with Crippen LogP contribution in [0.4, 0.5) is 0 Å². The Morgan fingerprint density at radius 2 is 1.62 bits per heavy atom. The van der Waals surface area contributed by atoms with Crippen LogP contribution in [0.3, 0.4) is 0 Å². The van der Waals surface area contributed by atoms with Crippen LogP contribution in [-0.4, -0.2) is 15.2 Å². The van der Waals surface area contributed by atoms with Gasteiger partial charge in [-0.15, -0.1) is 0 Å². The van der Waals surface area contributed by atoms with E-state index in [9.17, 15) is 5.11 Å². The highest BCUT2D eigenvalue weighted by atomic mass is 16.5. The SMILES string of the molecule is C=C(c1nc(-c2ccccc2)no1)C(O)c1ccccc1. The summed E-state index contributed by atoms with van der Waals surface area (Å²) < 4.78 is 5.20. The van der Waals surface area contributed by atoms with E-state index in [-0.39, 0.29) is 5.89 Å². The number of hydrogen-bond donors (Lipinski definition) is 1. The van der Waals surface area contributed by atoms with Gasteiger partial charge in [-0.2, -0.15) is 4.98 Å². The molecular weight excluding hydrogens is 264 g/mol. The molecule has 0 amide bonds. The second-order valence-corrected chi connectivity index (χ2v) is 4.63. The van der Waals surface area contributed by atoms with Crippen LogP contribution in [-0.2, 0) is 0 Å². The van der Waals surface area contributed by atoms with Gasteiger partial charge >= 0.3 is 0 Å². The fraction of sp³-hybridized carbons (Fsp3) is 0.0588. The first-order valence-corrected chi connectivity index (χ1v) is 6.57. The minimum absolute atomic E-state index is 0.241. The number of aliphatic hydroxyl groups excluding tert-OH is 1. The average molecular weight is 278 g/mol. The summed E-state index contributed by atoms with van der Waals surface area (Å²) in [5.74, 6) is 0.720. The number of hydrogen-bond acceptors (Lipinski definition) is 4. The van der Waals surface area contributed by atoms with Gasteiger partial charge in [-0.3, -0.25) is 0 Å². The molecule has 21 heavy (non-hydrogen) atoms. The number of benzene rings is 2. The molecule has 0 saturated carbocycles. The van der Waals surface area contributed by atoms with Gasteiger partial charge in [0.1, 0.15) is 6.10 Å². The van der Waals surface area contributed by atoms with Crippen LogP contribution in [0.25, 0.3) is 17.0 Å². The van der Waals surface area contributed by atoms with Crippen molar-refractivity contribution < 1.29 is 9.63 Å². The molecule has 0 aliphatic rings. The molecule has 0 aliphatic heterocycles. The van der Waals surface area contributed by atoms with E-state index < -0.39 is 6.10 Å². The first-order valence-electron chi connectivity index (χ1n) is 6.57. The minimum Gasteiger partial charge on any atom is -0.383 e. The predicted molar refractivity (Wildman–Crippen MR) is 80.2 cm³/mol. The molecule has 0 fully saturated rings. The second-order valence-electron chi connectivity index (χ2n) is 4.63. The molecule has 0 aliphatic carbocycles. The van der Waals surface area contributed by atoms with Crippen molar-refractivity contribution in [1.29, 1.82) is 0 Å². The van der Waals surface area contributed by atoms with E-state index in [2.05, 4.69) is 16.7 Å². The Morgan fingerprint density at radius 3 is 2.29 bits per heavy atom. The third-order valence-electron chi connectivity index (χ3n) is 3.18. The van der Waals surface area contributed by atoms with E-state index in [1.807, 2.05) is 60.7 Å². The lowest BCUT2D eigenvalue weighted by atomic mass is 10.0. The van der Waals surface area contributed by atoms with Crippen LogP contribution in [0.15, 0.2) is 71.8 Å². The van der Waals surface area contributed by atoms with E-state index in [1.165, 1.54) is 0 Å². The highest BCUT2D eigenvalue weighted by molar-refractivity contribution is 5.64. The van der Waals surface area contributed by atoms with Gasteiger partial charge in [-0.1, -0.05) is 72.4 Å². The van der Waals surface area contributed by atoms with Crippen molar-refractivity contribution in [2.75, 3.05) is 0 Å². The lowest BCUT2D eigenvalue weighted by Crippen LogP contribution is -2.00. The van der Waals surface area contributed by atoms with Crippen LogP contribution in [0.1, 0.15) is 17.6 Å². The molecule has 1 heterocycles. The number of aliphatic hydroxyl groups is 1. The Balaban J connectivity index is 1.85. The predicted octanol–water partition coefficient (Wildman–Crippen LogP) is 3.48. The van der Waals surface area contributed by atoms with Gasteiger partial charge < -0.3 is 9.63 Å². The van der Waals surface area contributed by atoms with Crippen molar-refractivity contribution in [3.63, 3.8) is 0 Å². The van der Waals surface area contributed by atoms with E-state index in [1.54, 1.807) is 0 Å². The maximum atomic E-state index is 10.3. The van der Waals surface area contributed by atoms with Gasteiger partial charge in [0.05, 0.1) is 0 Å². The van der Waals surface area contributed by atoms with Crippen LogP contribution in [0.2, 0.25) is 0 Å². The fourth-order valence-corrected chi connectivity index (χ4v) is 2.01. The Kier molecular flexibility index (Phi) is 3.62. The molecule has 0 saturated heterocycles. The molecule has 1 atom stereocenters. The molecule has 2 aromatic carbocycles. The molecule has 3 rings (SSSR count). The second kappa shape index (κ2) is 5.73. The Morgan fingerprint density at radius 1 is 1.00 bits per heavy atom. The van der Waals surface area contributed by atoms with Crippen LogP contribution in [0, 0.1) is 0 Å². The number of aromatic nitrogens is 2. The van der Waals surface area contributed by atoms with Gasteiger partial charge in [0.15, 0.2) is 0 Å². The minimum atomic E-state index is -0.865. The fourth-order valence-electron chi connectivity index (χ4n) is 2.01. The van der Waals surface area contributed by atoms with Crippen molar-refractivity contribution in [3.8, 4) is 11.4 Å². The summed E-state index contributed by atoms with van der Waals surface area (Å²) in [6, 6.07) is 18.8. The summed E-state index contributed by atoms with van der Waals surface area (Å²) in [6.45, 7) is 3.86. The number of nitrogens with zero attached hydrogens (tertiary/aromatic N) is 2. The maximum absolute atomic E-state index is 10.3. The molecule has 0 radical (unpaired) electrons. The number of rotatable bonds is 4. The van der Waals surface area contributed by atoms with E-state index in [4.69, 9.17) is 4.52 Å². The standard InChI is InChI=1S/C17H14N2O2/c1-12(15(20)13-8-4-2-5-9-13)17-18-16(19-21-17)14-10-6-3-7-11-14/h2-11,15,20H,1H2. The van der Waals surface area contributed by atoms with Crippen molar-refractivity contribution >= 4 is 5.57 Å². The molecule has 1 aromatic heterocycles. The summed E-state index contributed by atoms with van der Waals surface area (Å²) >= 11 is 0. The Hall–Kier alpha value is -2.72. The largest absolute Gasteiger partial charge is 0.383 e. The molecule has 1 unspecified atom stereocenters. The van der Waals surface area contributed by atoms with Crippen molar-refractivity contribution in [2.24, 2.45) is 0 Å². The maximum Gasteiger partial charge on any atom is 0.256 e. The third kappa shape index (κ3) is 2.75. The summed E-state index contributed by atoms with van der Waals surface area (Å²) in [5.41, 5.74) is 1.98. The monoisotopic (exact) mass is 278 g/mol. The van der Waals surface area contributed by atoms with Gasteiger partial charge in [-0.05, 0) is 5.56 Å². The third-order valence-corrected chi connectivity index (χ3v) is 3.18. The zero-order valence-corrected chi connectivity index (χ0v) is 11.3. The van der Waals surface area contributed by atoms with Gasteiger partial charge in [0.25, 0.3) is 5.89 Å². The van der Waals surface area contributed by atoms with Crippen molar-refractivity contribution in [2.45, 2.75) is 6.10 Å². The lowest BCUT2D eigenvalue weighted by Gasteiger charge is -2.10. The Labute approximate surface area is 122 Å². The van der Waals surface area contributed by atoms with Gasteiger partial charge in [-0.25, -0.2) is 0 Å². The smallest absolute Gasteiger partial charge is 0.256 e. The highest BCUT2D eigenvalue weighted by Crippen LogP contribution is 2.28. The van der Waals surface area contributed by atoms with Crippen LogP contribution < -0.4 is 0 Å². The summed E-state index contributed by atoms with van der Waals surface area (Å²) in [6.07, 6.45) is -0.865. The van der Waals surface area contributed by atoms with E-state index in [0.29, 0.717) is 11.4 Å². The summed E-state index contributed by atoms with van der Waals surface area (Å²) in [7, 11) is 0.